The number of aryl methyl sites for hydroxylation is 1. The van der Waals surface area contributed by atoms with Gasteiger partial charge in [-0.25, -0.2) is 0 Å². The first kappa shape index (κ1) is 13.5. The fourth-order valence-corrected chi connectivity index (χ4v) is 1.71. The van der Waals surface area contributed by atoms with Crippen LogP contribution in [0.3, 0.4) is 0 Å². The molecule has 2 aromatic rings. The second-order valence-electron chi connectivity index (χ2n) is 4.47. The number of aromatic nitrogens is 3. The van der Waals surface area contributed by atoms with Crippen molar-refractivity contribution in [1.29, 1.82) is 0 Å². The lowest BCUT2D eigenvalue weighted by Gasteiger charge is -2.06. The lowest BCUT2D eigenvalue weighted by Crippen LogP contribution is -2.14. The fourth-order valence-electron chi connectivity index (χ4n) is 1.71. The molecule has 0 unspecified atom stereocenters. The van der Waals surface area contributed by atoms with Gasteiger partial charge in [0.05, 0.1) is 18.1 Å². The normalized spacial score (nSPS) is 10.6. The lowest BCUT2D eigenvalue weighted by atomic mass is 10.3. The molecule has 0 aliphatic carbocycles. The Bertz CT molecular complexity index is 492. The largest absolute Gasteiger partial charge is 0.487 e. The molecule has 1 N–H and O–H groups in total. The highest BCUT2D eigenvalue weighted by Crippen LogP contribution is 2.11. The van der Waals surface area contributed by atoms with Crippen LogP contribution in [0.15, 0.2) is 30.7 Å². The van der Waals surface area contributed by atoms with Gasteiger partial charge < -0.3 is 10.1 Å². The maximum atomic E-state index is 5.65. The SMILES string of the molecule is CCCNCc1ccc(OCc2cnn(C)c2)cn1. The molecule has 2 aromatic heterocycles. The van der Waals surface area contributed by atoms with Gasteiger partial charge in [0, 0.05) is 25.4 Å². The first-order valence-electron chi connectivity index (χ1n) is 6.54. The van der Waals surface area contributed by atoms with Crippen molar-refractivity contribution in [3.8, 4) is 5.75 Å². The Labute approximate surface area is 113 Å². The molecular weight excluding hydrogens is 240 g/mol. The van der Waals surface area contributed by atoms with Gasteiger partial charge in [-0.3, -0.25) is 9.67 Å². The van der Waals surface area contributed by atoms with E-state index in [0.29, 0.717) is 6.61 Å². The number of rotatable bonds is 7. The van der Waals surface area contributed by atoms with Crippen molar-refractivity contribution in [3.05, 3.63) is 42.0 Å². The number of ether oxygens (including phenoxy) is 1. The molecule has 5 nitrogen and oxygen atoms in total. The van der Waals surface area contributed by atoms with Gasteiger partial charge >= 0.3 is 0 Å². The van der Waals surface area contributed by atoms with Crippen LogP contribution in [0.4, 0.5) is 0 Å². The molecule has 0 atom stereocenters. The highest BCUT2D eigenvalue weighted by molar-refractivity contribution is 5.20. The van der Waals surface area contributed by atoms with Crippen LogP contribution in [-0.4, -0.2) is 21.3 Å². The van der Waals surface area contributed by atoms with Gasteiger partial charge in [-0.15, -0.1) is 0 Å². The smallest absolute Gasteiger partial charge is 0.138 e. The van der Waals surface area contributed by atoms with E-state index in [1.807, 2.05) is 25.4 Å². The van der Waals surface area contributed by atoms with E-state index in [2.05, 4.69) is 22.3 Å². The van der Waals surface area contributed by atoms with Gasteiger partial charge in [-0.05, 0) is 25.1 Å². The topological polar surface area (TPSA) is 52.0 Å². The molecular formula is C14H20N4O. The summed E-state index contributed by atoms with van der Waals surface area (Å²) in [6.45, 7) is 4.48. The summed E-state index contributed by atoms with van der Waals surface area (Å²) < 4.78 is 7.41. The minimum Gasteiger partial charge on any atom is -0.487 e. The van der Waals surface area contributed by atoms with Crippen molar-refractivity contribution in [1.82, 2.24) is 20.1 Å². The van der Waals surface area contributed by atoms with Gasteiger partial charge in [0.1, 0.15) is 12.4 Å². The third-order valence-corrected chi connectivity index (χ3v) is 2.69. The lowest BCUT2D eigenvalue weighted by molar-refractivity contribution is 0.304. The summed E-state index contributed by atoms with van der Waals surface area (Å²) in [5, 5.41) is 7.41. The number of nitrogens with one attached hydrogen (secondary N) is 1. The van der Waals surface area contributed by atoms with Crippen molar-refractivity contribution in [3.63, 3.8) is 0 Å². The molecule has 5 heteroatoms. The summed E-state index contributed by atoms with van der Waals surface area (Å²) in [6.07, 6.45) is 6.64. The average Bonchev–Trinajstić information content (AvgIpc) is 2.84. The fraction of sp³-hybridized carbons (Fsp3) is 0.429. The van der Waals surface area contributed by atoms with E-state index in [1.165, 1.54) is 0 Å². The molecule has 102 valence electrons. The number of pyridine rings is 1. The molecule has 0 aliphatic rings. The van der Waals surface area contributed by atoms with Gasteiger partial charge in [0.2, 0.25) is 0 Å². The van der Waals surface area contributed by atoms with E-state index >= 15 is 0 Å². The summed E-state index contributed by atoms with van der Waals surface area (Å²) in [7, 11) is 1.89. The van der Waals surface area contributed by atoms with Crippen molar-refractivity contribution in [2.75, 3.05) is 6.54 Å². The van der Waals surface area contributed by atoms with Crippen molar-refractivity contribution in [2.24, 2.45) is 7.05 Å². The van der Waals surface area contributed by atoms with Crippen LogP contribution in [0.5, 0.6) is 5.75 Å². The molecule has 0 spiro atoms. The molecule has 0 fully saturated rings. The second kappa shape index (κ2) is 6.89. The van der Waals surface area contributed by atoms with E-state index in [0.717, 1.165) is 36.5 Å². The zero-order valence-corrected chi connectivity index (χ0v) is 11.5. The van der Waals surface area contributed by atoms with Gasteiger partial charge in [0.25, 0.3) is 0 Å². The van der Waals surface area contributed by atoms with Gasteiger partial charge in [-0.1, -0.05) is 6.92 Å². The molecule has 0 aromatic carbocycles. The van der Waals surface area contributed by atoms with E-state index in [1.54, 1.807) is 17.1 Å². The molecule has 19 heavy (non-hydrogen) atoms. The summed E-state index contributed by atoms with van der Waals surface area (Å²) in [5.41, 5.74) is 2.08. The minimum atomic E-state index is 0.517. The van der Waals surface area contributed by atoms with Crippen molar-refractivity contribution in [2.45, 2.75) is 26.5 Å². The first-order valence-corrected chi connectivity index (χ1v) is 6.54. The number of hydrogen-bond acceptors (Lipinski definition) is 4. The Balaban J connectivity index is 1.81. The van der Waals surface area contributed by atoms with Gasteiger partial charge in [-0.2, -0.15) is 5.10 Å². The Morgan fingerprint density at radius 1 is 1.32 bits per heavy atom. The maximum Gasteiger partial charge on any atom is 0.138 e. The Morgan fingerprint density at radius 3 is 2.84 bits per heavy atom. The molecule has 2 heterocycles. The summed E-state index contributed by atoms with van der Waals surface area (Å²) >= 11 is 0. The van der Waals surface area contributed by atoms with Gasteiger partial charge in [0.15, 0.2) is 0 Å². The molecule has 0 bridgehead atoms. The van der Waals surface area contributed by atoms with Crippen molar-refractivity contribution >= 4 is 0 Å². The van der Waals surface area contributed by atoms with E-state index < -0.39 is 0 Å². The average molecular weight is 260 g/mol. The predicted octanol–water partition coefficient (Wildman–Crippen LogP) is 1.89. The summed E-state index contributed by atoms with van der Waals surface area (Å²) in [6, 6.07) is 3.94. The maximum absolute atomic E-state index is 5.65. The van der Waals surface area contributed by atoms with E-state index in [9.17, 15) is 0 Å². The Hall–Kier alpha value is -1.88. The van der Waals surface area contributed by atoms with Crippen LogP contribution < -0.4 is 10.1 Å². The van der Waals surface area contributed by atoms with Crippen LogP contribution in [0.25, 0.3) is 0 Å². The summed E-state index contributed by atoms with van der Waals surface area (Å²) in [5.74, 6) is 0.781. The molecule has 0 saturated heterocycles. The number of hydrogen-bond donors (Lipinski definition) is 1. The monoisotopic (exact) mass is 260 g/mol. The molecule has 0 radical (unpaired) electrons. The number of nitrogens with zero attached hydrogens (tertiary/aromatic N) is 3. The van der Waals surface area contributed by atoms with Crippen LogP contribution in [0.1, 0.15) is 24.6 Å². The van der Waals surface area contributed by atoms with E-state index in [4.69, 9.17) is 4.74 Å². The summed E-state index contributed by atoms with van der Waals surface area (Å²) in [4.78, 5) is 4.36. The molecule has 0 amide bonds. The molecule has 2 rings (SSSR count). The second-order valence-corrected chi connectivity index (χ2v) is 4.47. The van der Waals surface area contributed by atoms with Crippen LogP contribution in [0, 0.1) is 0 Å². The third kappa shape index (κ3) is 4.37. The van der Waals surface area contributed by atoms with Crippen LogP contribution in [-0.2, 0) is 20.2 Å². The Morgan fingerprint density at radius 2 is 2.21 bits per heavy atom. The van der Waals surface area contributed by atoms with E-state index in [-0.39, 0.29) is 0 Å². The Kier molecular flexibility index (Phi) is 4.92. The highest BCUT2D eigenvalue weighted by Gasteiger charge is 1.99. The third-order valence-electron chi connectivity index (χ3n) is 2.69. The van der Waals surface area contributed by atoms with Crippen LogP contribution >= 0.6 is 0 Å². The molecule has 0 saturated carbocycles. The minimum absolute atomic E-state index is 0.517. The van der Waals surface area contributed by atoms with Crippen molar-refractivity contribution < 1.29 is 4.74 Å². The highest BCUT2D eigenvalue weighted by atomic mass is 16.5. The van der Waals surface area contributed by atoms with Crippen LogP contribution in [0.2, 0.25) is 0 Å². The first-order chi connectivity index (χ1) is 9.28. The predicted molar refractivity (Wildman–Crippen MR) is 73.8 cm³/mol. The zero-order valence-electron chi connectivity index (χ0n) is 11.5. The zero-order chi connectivity index (χ0) is 13.5. The standard InChI is InChI=1S/C14H20N4O/c1-3-6-15-8-13-4-5-14(9-16-13)19-11-12-7-17-18(2)10-12/h4-5,7,9-10,15H,3,6,8,11H2,1-2H3. The quantitative estimate of drug-likeness (QED) is 0.772. The molecule has 0 aliphatic heterocycles.